The first-order valence-corrected chi connectivity index (χ1v) is 4.70. The van der Waals surface area contributed by atoms with Gasteiger partial charge in [0.25, 0.3) is 0 Å². The molecular formula is C13H15. The van der Waals surface area contributed by atoms with Crippen molar-refractivity contribution in [1.82, 2.24) is 0 Å². The first-order chi connectivity index (χ1) is 6.50. The van der Waals surface area contributed by atoms with Gasteiger partial charge in [-0.1, -0.05) is 54.7 Å². The second kappa shape index (κ2) is 7.35. The Morgan fingerprint density at radius 3 is 2.46 bits per heavy atom. The maximum atomic E-state index is 3.20. The fourth-order valence-corrected chi connectivity index (χ4v) is 1.01. The molecule has 67 valence electrons. The highest BCUT2D eigenvalue weighted by atomic mass is 13.8. The van der Waals surface area contributed by atoms with E-state index in [4.69, 9.17) is 0 Å². The Labute approximate surface area is 80.7 Å². The van der Waals surface area contributed by atoms with Crippen molar-refractivity contribution in [2.45, 2.75) is 19.3 Å². The summed E-state index contributed by atoms with van der Waals surface area (Å²) in [4.78, 5) is 0. The van der Waals surface area contributed by atoms with Crippen LogP contribution in [0, 0.1) is 6.08 Å². The molecule has 0 bridgehead atoms. The fourth-order valence-electron chi connectivity index (χ4n) is 1.01. The summed E-state index contributed by atoms with van der Waals surface area (Å²) in [6, 6.07) is 0. The molecule has 0 unspecified atom stereocenters. The molecule has 0 heterocycles. The van der Waals surface area contributed by atoms with E-state index in [0.717, 1.165) is 19.3 Å². The second-order valence-corrected chi connectivity index (χ2v) is 2.81. The molecule has 13 heavy (non-hydrogen) atoms. The summed E-state index contributed by atoms with van der Waals surface area (Å²) in [5.41, 5.74) is 0. The lowest BCUT2D eigenvalue weighted by Crippen LogP contribution is -1.63. The van der Waals surface area contributed by atoms with Crippen molar-refractivity contribution in [2.75, 3.05) is 0 Å². The van der Waals surface area contributed by atoms with Crippen molar-refractivity contribution >= 4 is 0 Å². The highest BCUT2D eigenvalue weighted by Gasteiger charge is 1.76. The Hall–Kier alpha value is -1.30. The Balaban J connectivity index is 2.49. The molecule has 0 spiro atoms. The average molecular weight is 171 g/mol. The van der Waals surface area contributed by atoms with Crippen LogP contribution in [0.5, 0.6) is 0 Å². The molecule has 0 aromatic heterocycles. The summed E-state index contributed by atoms with van der Waals surface area (Å²) in [6.45, 7) is 0. The zero-order chi connectivity index (χ0) is 9.19. The highest BCUT2D eigenvalue weighted by Crippen LogP contribution is 1.95. The third-order valence-corrected chi connectivity index (χ3v) is 1.68. The van der Waals surface area contributed by atoms with Crippen molar-refractivity contribution in [1.29, 1.82) is 0 Å². The quantitative estimate of drug-likeness (QED) is 0.520. The highest BCUT2D eigenvalue weighted by molar-refractivity contribution is 5.12. The van der Waals surface area contributed by atoms with Crippen molar-refractivity contribution in [3.63, 3.8) is 0 Å². The van der Waals surface area contributed by atoms with Gasteiger partial charge >= 0.3 is 0 Å². The number of rotatable bonds is 0. The van der Waals surface area contributed by atoms with E-state index in [1.165, 1.54) is 0 Å². The smallest absolute Gasteiger partial charge is 0.0163 e. The predicted octanol–water partition coefficient (Wildman–Crippen LogP) is 3.75. The third kappa shape index (κ3) is 5.92. The van der Waals surface area contributed by atoms with Crippen LogP contribution in [0.1, 0.15) is 19.3 Å². The van der Waals surface area contributed by atoms with E-state index in [0.29, 0.717) is 0 Å². The third-order valence-electron chi connectivity index (χ3n) is 1.68. The SMILES string of the molecule is [C]1=C/C=C\C=C\C/C=C/C=C\CC/1. The molecule has 0 aromatic carbocycles. The molecule has 0 fully saturated rings. The molecule has 0 aromatic rings. The van der Waals surface area contributed by atoms with Gasteiger partial charge in [0.1, 0.15) is 0 Å². The fraction of sp³-hybridized carbons (Fsp3) is 0.231. The first kappa shape index (κ1) is 9.79. The van der Waals surface area contributed by atoms with E-state index in [-0.39, 0.29) is 0 Å². The van der Waals surface area contributed by atoms with Gasteiger partial charge in [0.15, 0.2) is 0 Å². The molecule has 0 saturated heterocycles. The van der Waals surface area contributed by atoms with Crippen molar-refractivity contribution in [3.8, 4) is 0 Å². The maximum absolute atomic E-state index is 3.20. The van der Waals surface area contributed by atoms with Crippen LogP contribution >= 0.6 is 0 Å². The molecule has 0 nitrogen and oxygen atoms in total. The monoisotopic (exact) mass is 171 g/mol. The zero-order valence-electron chi connectivity index (χ0n) is 7.82. The van der Waals surface area contributed by atoms with Gasteiger partial charge in [-0.2, -0.15) is 0 Å². The lowest BCUT2D eigenvalue weighted by molar-refractivity contribution is 1.03. The minimum absolute atomic E-state index is 0.998. The molecule has 0 amide bonds. The summed E-state index contributed by atoms with van der Waals surface area (Å²) in [6.07, 6.45) is 25.0. The number of hydrogen-bond acceptors (Lipinski definition) is 0. The molecule has 0 atom stereocenters. The lowest BCUT2D eigenvalue weighted by Gasteiger charge is -1.82. The average Bonchev–Trinajstić information content (AvgIpc) is 2.18. The normalized spacial score (nSPS) is 30.2. The van der Waals surface area contributed by atoms with Crippen molar-refractivity contribution < 1.29 is 0 Å². The zero-order valence-corrected chi connectivity index (χ0v) is 7.82. The molecule has 1 aliphatic carbocycles. The summed E-state index contributed by atoms with van der Waals surface area (Å²) in [5, 5.41) is 0. The van der Waals surface area contributed by atoms with Gasteiger partial charge < -0.3 is 0 Å². The van der Waals surface area contributed by atoms with Crippen LogP contribution in [-0.2, 0) is 0 Å². The summed E-state index contributed by atoms with van der Waals surface area (Å²) >= 11 is 0. The van der Waals surface area contributed by atoms with Gasteiger partial charge in [0, 0.05) is 0 Å². The van der Waals surface area contributed by atoms with Crippen LogP contribution in [0.25, 0.3) is 0 Å². The molecule has 0 heteroatoms. The summed E-state index contributed by atoms with van der Waals surface area (Å²) in [7, 11) is 0. The van der Waals surface area contributed by atoms with Crippen LogP contribution in [0.2, 0.25) is 0 Å². The molecule has 0 N–H and O–H groups in total. The Morgan fingerprint density at radius 2 is 1.54 bits per heavy atom. The van der Waals surface area contributed by atoms with Crippen LogP contribution in [0.15, 0.2) is 54.7 Å². The van der Waals surface area contributed by atoms with Gasteiger partial charge in [-0.05, 0) is 25.3 Å². The predicted molar refractivity (Wildman–Crippen MR) is 58.2 cm³/mol. The van der Waals surface area contributed by atoms with Gasteiger partial charge in [-0.15, -0.1) is 0 Å². The van der Waals surface area contributed by atoms with Crippen LogP contribution in [0.3, 0.4) is 0 Å². The standard InChI is InChI=1S/C13H15/c1-2-4-6-8-10-12-13-11-9-7-5-3-1/h1-5,8,10,12-13H,6,9,11H2/b3-1-,4-2+,7-5?,10-8+,13-12-. The van der Waals surface area contributed by atoms with E-state index in [1.54, 1.807) is 0 Å². The molecule has 0 saturated carbocycles. The molecular weight excluding hydrogens is 156 g/mol. The minimum atomic E-state index is 0.998. The number of hydrogen-bond donors (Lipinski definition) is 0. The molecule has 1 rings (SSSR count). The lowest BCUT2D eigenvalue weighted by atomic mass is 10.2. The first-order valence-electron chi connectivity index (χ1n) is 4.70. The molecule has 0 aliphatic heterocycles. The number of allylic oxidation sites excluding steroid dienone is 10. The van der Waals surface area contributed by atoms with Crippen LogP contribution in [-0.4, -0.2) is 0 Å². The summed E-state index contributed by atoms with van der Waals surface area (Å²) in [5.74, 6) is 0. The van der Waals surface area contributed by atoms with Gasteiger partial charge in [0.05, 0.1) is 0 Å². The minimum Gasteiger partial charge on any atom is -0.0842 e. The van der Waals surface area contributed by atoms with E-state index in [9.17, 15) is 0 Å². The summed E-state index contributed by atoms with van der Waals surface area (Å²) < 4.78 is 0. The van der Waals surface area contributed by atoms with Gasteiger partial charge in [-0.3, -0.25) is 0 Å². The van der Waals surface area contributed by atoms with Crippen LogP contribution in [0.4, 0.5) is 0 Å². The van der Waals surface area contributed by atoms with E-state index >= 15 is 0 Å². The Morgan fingerprint density at radius 1 is 0.769 bits per heavy atom. The molecule has 1 radical (unpaired) electrons. The Bertz CT molecular complexity index is 249. The topological polar surface area (TPSA) is 0 Å². The maximum Gasteiger partial charge on any atom is -0.0163 e. The van der Waals surface area contributed by atoms with Gasteiger partial charge in [-0.25, -0.2) is 0 Å². The van der Waals surface area contributed by atoms with Crippen molar-refractivity contribution in [3.05, 3.63) is 60.8 Å². The largest absolute Gasteiger partial charge is 0.0842 e. The van der Waals surface area contributed by atoms with E-state index in [2.05, 4.69) is 42.5 Å². The van der Waals surface area contributed by atoms with Crippen LogP contribution < -0.4 is 0 Å². The van der Waals surface area contributed by atoms with E-state index in [1.807, 2.05) is 18.2 Å². The molecule has 1 aliphatic rings. The Kier molecular flexibility index (Phi) is 5.54. The van der Waals surface area contributed by atoms with E-state index < -0.39 is 0 Å². The van der Waals surface area contributed by atoms with Crippen molar-refractivity contribution in [2.24, 2.45) is 0 Å². The second-order valence-electron chi connectivity index (χ2n) is 2.81. The van der Waals surface area contributed by atoms with Gasteiger partial charge in [0.2, 0.25) is 0 Å².